The van der Waals surface area contributed by atoms with E-state index in [0.717, 1.165) is 29.1 Å². The smallest absolute Gasteiger partial charge is 0.239 e. The molecule has 5 nitrogen and oxygen atoms in total. The molecule has 1 heterocycles. The lowest BCUT2D eigenvalue weighted by Crippen LogP contribution is -2.21. The third-order valence-corrected chi connectivity index (χ3v) is 3.88. The number of hydrogen-bond acceptors (Lipinski definition) is 5. The third kappa shape index (κ3) is 2.82. The van der Waals surface area contributed by atoms with Gasteiger partial charge >= 0.3 is 0 Å². The molecule has 1 unspecified atom stereocenters. The van der Waals surface area contributed by atoms with Crippen LogP contribution in [-0.4, -0.2) is 16.0 Å². The van der Waals surface area contributed by atoms with E-state index in [1.165, 1.54) is 19.3 Å². The van der Waals surface area contributed by atoms with Crippen molar-refractivity contribution in [3.05, 3.63) is 24.3 Å². The molecule has 1 aliphatic rings. The maximum Gasteiger partial charge on any atom is 0.239 e. The Kier molecular flexibility index (Phi) is 3.69. The summed E-state index contributed by atoms with van der Waals surface area (Å²) in [7, 11) is 0. The van der Waals surface area contributed by atoms with Crippen LogP contribution in [0.5, 0.6) is 0 Å². The van der Waals surface area contributed by atoms with E-state index in [4.69, 9.17) is 5.84 Å². The second-order valence-corrected chi connectivity index (χ2v) is 5.49. The van der Waals surface area contributed by atoms with Crippen LogP contribution in [0.3, 0.4) is 0 Å². The maximum atomic E-state index is 5.46. The quantitative estimate of drug-likeness (QED) is 0.556. The van der Waals surface area contributed by atoms with E-state index < -0.39 is 0 Å². The lowest BCUT2D eigenvalue weighted by atomic mass is 10.1. The summed E-state index contributed by atoms with van der Waals surface area (Å²) in [4.78, 5) is 8.85. The molecular weight excluding hydrogens is 250 g/mol. The summed E-state index contributed by atoms with van der Waals surface area (Å²) in [5.74, 6) is 7.68. The number of para-hydroxylation sites is 1. The number of nitrogens with two attached hydrogens (primary N) is 1. The van der Waals surface area contributed by atoms with Gasteiger partial charge in [-0.2, -0.15) is 4.98 Å². The molecule has 0 aliphatic heterocycles. The van der Waals surface area contributed by atoms with Crippen LogP contribution in [0.15, 0.2) is 24.3 Å². The van der Waals surface area contributed by atoms with E-state index >= 15 is 0 Å². The highest BCUT2D eigenvalue weighted by atomic mass is 15.3. The number of hydrogen-bond donors (Lipinski definition) is 3. The van der Waals surface area contributed by atoms with Crippen molar-refractivity contribution in [2.45, 2.75) is 38.6 Å². The summed E-state index contributed by atoms with van der Waals surface area (Å²) in [6, 6.07) is 8.47. The first-order valence-corrected chi connectivity index (χ1v) is 7.30. The summed E-state index contributed by atoms with van der Waals surface area (Å²) in [5, 5.41) is 4.61. The molecule has 0 radical (unpaired) electrons. The van der Waals surface area contributed by atoms with Crippen LogP contribution in [0.1, 0.15) is 32.6 Å². The lowest BCUT2D eigenvalue weighted by molar-refractivity contribution is 0.585. The fraction of sp³-hybridized carbons (Fsp3) is 0.467. The Balaban J connectivity index is 1.91. The van der Waals surface area contributed by atoms with E-state index in [1.807, 2.05) is 24.3 Å². The van der Waals surface area contributed by atoms with Gasteiger partial charge in [-0.3, -0.25) is 5.43 Å². The highest BCUT2D eigenvalue weighted by Crippen LogP contribution is 2.35. The van der Waals surface area contributed by atoms with Crippen molar-refractivity contribution in [2.24, 2.45) is 11.8 Å². The Hall–Kier alpha value is -1.88. The Labute approximate surface area is 119 Å². The van der Waals surface area contributed by atoms with E-state index in [2.05, 4.69) is 27.6 Å². The van der Waals surface area contributed by atoms with Crippen molar-refractivity contribution in [2.75, 3.05) is 10.7 Å². The molecule has 20 heavy (non-hydrogen) atoms. The van der Waals surface area contributed by atoms with Crippen molar-refractivity contribution in [3.8, 4) is 0 Å². The van der Waals surface area contributed by atoms with Crippen molar-refractivity contribution in [1.82, 2.24) is 9.97 Å². The zero-order chi connectivity index (χ0) is 13.9. The van der Waals surface area contributed by atoms with Gasteiger partial charge in [0.1, 0.15) is 5.82 Å². The van der Waals surface area contributed by atoms with Gasteiger partial charge in [0.15, 0.2) is 0 Å². The number of fused-ring (bicyclic) bond motifs is 1. The monoisotopic (exact) mass is 271 g/mol. The molecule has 1 fully saturated rings. The molecule has 106 valence electrons. The number of nitrogen functional groups attached to an aromatic ring is 1. The Bertz CT molecular complexity index is 594. The normalized spacial score (nSPS) is 16.1. The summed E-state index contributed by atoms with van der Waals surface area (Å²) >= 11 is 0. The molecule has 4 N–H and O–H groups in total. The topological polar surface area (TPSA) is 75.9 Å². The second kappa shape index (κ2) is 5.63. The van der Waals surface area contributed by atoms with Crippen LogP contribution < -0.4 is 16.6 Å². The molecule has 0 bridgehead atoms. The Morgan fingerprint density at radius 1 is 1.30 bits per heavy atom. The highest BCUT2D eigenvalue weighted by molar-refractivity contribution is 5.90. The third-order valence-electron chi connectivity index (χ3n) is 3.88. The van der Waals surface area contributed by atoms with Crippen molar-refractivity contribution in [1.29, 1.82) is 0 Å². The molecule has 0 saturated heterocycles. The van der Waals surface area contributed by atoms with Gasteiger partial charge in [0.2, 0.25) is 5.95 Å². The molecule has 1 atom stereocenters. The SMILES string of the molecule is CCC(CC1CC1)Nc1nc(NN)nc2ccccc12. The van der Waals surface area contributed by atoms with E-state index in [1.54, 1.807) is 0 Å². The van der Waals surface area contributed by atoms with Gasteiger partial charge in [-0.25, -0.2) is 10.8 Å². The molecule has 5 heteroatoms. The second-order valence-electron chi connectivity index (χ2n) is 5.49. The predicted octanol–water partition coefficient (Wildman–Crippen LogP) is 2.91. The summed E-state index contributed by atoms with van der Waals surface area (Å²) in [6.45, 7) is 2.21. The Morgan fingerprint density at radius 3 is 2.80 bits per heavy atom. The first-order chi connectivity index (χ1) is 9.80. The molecule has 1 saturated carbocycles. The van der Waals surface area contributed by atoms with Gasteiger partial charge in [-0.1, -0.05) is 31.9 Å². The van der Waals surface area contributed by atoms with Crippen molar-refractivity contribution >= 4 is 22.7 Å². The molecule has 0 spiro atoms. The number of hydrazine groups is 1. The summed E-state index contributed by atoms with van der Waals surface area (Å²) in [5.41, 5.74) is 3.44. The summed E-state index contributed by atoms with van der Waals surface area (Å²) < 4.78 is 0. The van der Waals surface area contributed by atoms with E-state index in [0.29, 0.717) is 12.0 Å². The fourth-order valence-corrected chi connectivity index (χ4v) is 2.53. The van der Waals surface area contributed by atoms with Crippen LogP contribution in [0, 0.1) is 5.92 Å². The number of benzene rings is 1. The van der Waals surface area contributed by atoms with Crippen molar-refractivity contribution in [3.63, 3.8) is 0 Å². The Morgan fingerprint density at radius 2 is 2.10 bits per heavy atom. The van der Waals surface area contributed by atoms with Crippen LogP contribution in [0.4, 0.5) is 11.8 Å². The van der Waals surface area contributed by atoms with Crippen LogP contribution in [0.2, 0.25) is 0 Å². The van der Waals surface area contributed by atoms with Gasteiger partial charge < -0.3 is 5.32 Å². The van der Waals surface area contributed by atoms with Gasteiger partial charge in [0.25, 0.3) is 0 Å². The molecule has 1 aromatic heterocycles. The van der Waals surface area contributed by atoms with Crippen molar-refractivity contribution < 1.29 is 0 Å². The fourth-order valence-electron chi connectivity index (χ4n) is 2.53. The highest BCUT2D eigenvalue weighted by Gasteiger charge is 2.25. The van der Waals surface area contributed by atoms with Gasteiger partial charge in [-0.05, 0) is 30.9 Å². The molecule has 2 aromatic rings. The largest absolute Gasteiger partial charge is 0.367 e. The standard InChI is InChI=1S/C15H21N5/c1-2-11(9-10-7-8-10)17-14-12-5-3-4-6-13(12)18-15(19-14)20-16/h3-6,10-11H,2,7-9,16H2,1H3,(H2,17,18,19,20). The molecule has 1 aromatic carbocycles. The van der Waals surface area contributed by atoms with Gasteiger partial charge in [0.05, 0.1) is 5.52 Å². The van der Waals surface area contributed by atoms with E-state index in [9.17, 15) is 0 Å². The minimum atomic E-state index is 0.451. The number of aromatic nitrogens is 2. The number of nitrogens with one attached hydrogen (secondary N) is 2. The molecule has 0 amide bonds. The average Bonchev–Trinajstić information content (AvgIpc) is 3.30. The van der Waals surface area contributed by atoms with Crippen LogP contribution in [-0.2, 0) is 0 Å². The lowest BCUT2D eigenvalue weighted by Gasteiger charge is -2.19. The molecule has 3 rings (SSSR count). The zero-order valence-corrected chi connectivity index (χ0v) is 11.8. The minimum absolute atomic E-state index is 0.451. The predicted molar refractivity (Wildman–Crippen MR) is 82.4 cm³/mol. The zero-order valence-electron chi connectivity index (χ0n) is 11.8. The van der Waals surface area contributed by atoms with Gasteiger partial charge in [0, 0.05) is 11.4 Å². The summed E-state index contributed by atoms with van der Waals surface area (Å²) in [6.07, 6.45) is 5.07. The first-order valence-electron chi connectivity index (χ1n) is 7.30. The van der Waals surface area contributed by atoms with E-state index in [-0.39, 0.29) is 0 Å². The first kappa shape index (κ1) is 13.1. The number of anilines is 2. The van der Waals surface area contributed by atoms with Gasteiger partial charge in [-0.15, -0.1) is 0 Å². The van der Waals surface area contributed by atoms with Crippen LogP contribution in [0.25, 0.3) is 10.9 Å². The maximum absolute atomic E-state index is 5.46. The average molecular weight is 271 g/mol. The minimum Gasteiger partial charge on any atom is -0.367 e. The molecule has 1 aliphatic carbocycles. The number of nitrogens with zero attached hydrogens (tertiary/aromatic N) is 2. The number of rotatable bonds is 6. The molecular formula is C15H21N5. The van der Waals surface area contributed by atoms with Crippen LogP contribution >= 0.6 is 0 Å².